The van der Waals surface area contributed by atoms with Crippen LogP contribution in [0.5, 0.6) is 5.75 Å². The van der Waals surface area contributed by atoms with Gasteiger partial charge in [0.05, 0.1) is 0 Å². The summed E-state index contributed by atoms with van der Waals surface area (Å²) in [5.41, 5.74) is 3.08. The first-order chi connectivity index (χ1) is 8.04. The minimum atomic E-state index is 0.404. The first kappa shape index (κ1) is 14.0. The average molecular weight is 237 g/mol. The van der Waals surface area contributed by atoms with Gasteiger partial charge in [-0.1, -0.05) is 12.1 Å². The molecule has 0 aliphatic carbocycles. The highest BCUT2D eigenvalue weighted by atomic mass is 16.5. The lowest BCUT2D eigenvalue weighted by Crippen LogP contribution is -2.26. The lowest BCUT2D eigenvalue weighted by Gasteiger charge is -2.14. The van der Waals surface area contributed by atoms with Crippen molar-refractivity contribution in [3.8, 4) is 5.75 Å². The molecule has 1 aromatic carbocycles. The molecular formula is C14H23NO2. The number of hydrogen-bond acceptors (Lipinski definition) is 3. The number of aryl methyl sites for hydroxylation is 2. The van der Waals surface area contributed by atoms with Gasteiger partial charge in [-0.25, -0.2) is 0 Å². The second-order valence-electron chi connectivity index (χ2n) is 4.64. The molecule has 0 saturated carbocycles. The lowest BCUT2D eigenvalue weighted by molar-refractivity contribution is 0.184. The van der Waals surface area contributed by atoms with Crippen molar-refractivity contribution >= 4 is 0 Å². The lowest BCUT2D eigenvalue weighted by atomic mass is 10.1. The van der Waals surface area contributed by atoms with Crippen molar-refractivity contribution in [3.63, 3.8) is 0 Å². The van der Waals surface area contributed by atoms with Gasteiger partial charge in [0, 0.05) is 26.3 Å². The molecule has 0 fully saturated rings. The number of methoxy groups -OCH3 is 1. The smallest absolute Gasteiger partial charge is 0.121 e. The van der Waals surface area contributed by atoms with Gasteiger partial charge in [-0.2, -0.15) is 0 Å². The monoisotopic (exact) mass is 237 g/mol. The van der Waals surface area contributed by atoms with Crippen LogP contribution in [0, 0.1) is 13.8 Å². The minimum absolute atomic E-state index is 0.404. The summed E-state index contributed by atoms with van der Waals surface area (Å²) < 4.78 is 5.05. The van der Waals surface area contributed by atoms with E-state index in [-0.39, 0.29) is 0 Å². The summed E-state index contributed by atoms with van der Waals surface area (Å²) in [6.45, 7) is 7.62. The second kappa shape index (κ2) is 6.62. The molecule has 0 radical (unpaired) electrons. The summed E-state index contributed by atoms with van der Waals surface area (Å²) >= 11 is 0. The van der Waals surface area contributed by atoms with Gasteiger partial charge in [-0.15, -0.1) is 0 Å². The Morgan fingerprint density at radius 1 is 1.29 bits per heavy atom. The van der Waals surface area contributed by atoms with Gasteiger partial charge in [0.25, 0.3) is 0 Å². The van der Waals surface area contributed by atoms with Crippen LogP contribution in [0.4, 0.5) is 0 Å². The molecule has 3 heteroatoms. The van der Waals surface area contributed by atoms with Crippen LogP contribution in [0.25, 0.3) is 0 Å². The summed E-state index contributed by atoms with van der Waals surface area (Å²) in [6, 6.07) is 4.49. The van der Waals surface area contributed by atoms with E-state index in [0.717, 1.165) is 30.7 Å². The van der Waals surface area contributed by atoms with E-state index in [2.05, 4.69) is 12.2 Å². The molecule has 96 valence electrons. The Labute approximate surface area is 104 Å². The van der Waals surface area contributed by atoms with Crippen LogP contribution in [-0.4, -0.2) is 24.9 Å². The highest BCUT2D eigenvalue weighted by Crippen LogP contribution is 2.22. The molecule has 0 aliphatic heterocycles. The van der Waals surface area contributed by atoms with Gasteiger partial charge >= 0.3 is 0 Å². The average Bonchev–Trinajstić information content (AvgIpc) is 2.30. The summed E-state index contributed by atoms with van der Waals surface area (Å²) in [5, 5.41) is 13.1. The fraction of sp³-hybridized carbons (Fsp3) is 0.571. The fourth-order valence-electron chi connectivity index (χ4n) is 1.84. The second-order valence-corrected chi connectivity index (χ2v) is 4.64. The zero-order valence-corrected chi connectivity index (χ0v) is 11.2. The van der Waals surface area contributed by atoms with Crippen molar-refractivity contribution < 1.29 is 9.84 Å². The summed E-state index contributed by atoms with van der Waals surface area (Å²) in [7, 11) is 1.72. The highest BCUT2D eigenvalue weighted by Gasteiger charge is 2.05. The topological polar surface area (TPSA) is 41.5 Å². The number of benzene rings is 1. The van der Waals surface area contributed by atoms with E-state index >= 15 is 0 Å². The predicted octanol–water partition coefficient (Wildman–Crippen LogP) is 2.52. The van der Waals surface area contributed by atoms with Gasteiger partial charge < -0.3 is 15.2 Å². The maximum atomic E-state index is 9.69. The third kappa shape index (κ3) is 4.36. The molecule has 17 heavy (non-hydrogen) atoms. The number of rotatable bonds is 6. The van der Waals surface area contributed by atoms with Crippen molar-refractivity contribution in [2.24, 2.45) is 0 Å². The molecule has 1 aromatic rings. The molecule has 2 N–H and O–H groups in total. The van der Waals surface area contributed by atoms with Crippen LogP contribution in [0.15, 0.2) is 12.1 Å². The summed E-state index contributed by atoms with van der Waals surface area (Å²) in [6.07, 6.45) is 1.01. The zero-order chi connectivity index (χ0) is 12.8. The summed E-state index contributed by atoms with van der Waals surface area (Å²) in [5.74, 6) is 0.404. The Bertz CT molecular complexity index is 340. The van der Waals surface area contributed by atoms with E-state index in [0.29, 0.717) is 11.8 Å². The SMILES string of the molecule is COCCC(C)NCc1cc(C)c(O)c(C)c1. The van der Waals surface area contributed by atoms with Gasteiger partial charge in [-0.05, 0) is 43.9 Å². The molecule has 0 saturated heterocycles. The van der Waals surface area contributed by atoms with E-state index in [4.69, 9.17) is 4.74 Å². The molecule has 1 unspecified atom stereocenters. The molecular weight excluding hydrogens is 214 g/mol. The molecule has 1 rings (SSSR count). The third-order valence-electron chi connectivity index (χ3n) is 2.96. The number of nitrogens with one attached hydrogen (secondary N) is 1. The molecule has 3 nitrogen and oxygen atoms in total. The third-order valence-corrected chi connectivity index (χ3v) is 2.96. The van der Waals surface area contributed by atoms with E-state index < -0.39 is 0 Å². The number of phenols is 1. The van der Waals surface area contributed by atoms with E-state index in [1.165, 1.54) is 5.56 Å². The number of ether oxygens (including phenoxy) is 1. The van der Waals surface area contributed by atoms with Crippen molar-refractivity contribution in [1.82, 2.24) is 5.32 Å². The first-order valence-corrected chi connectivity index (χ1v) is 6.06. The molecule has 0 spiro atoms. The Balaban J connectivity index is 2.52. The zero-order valence-electron chi connectivity index (χ0n) is 11.2. The van der Waals surface area contributed by atoms with Crippen LogP contribution in [-0.2, 0) is 11.3 Å². The van der Waals surface area contributed by atoms with E-state index in [1.807, 2.05) is 26.0 Å². The fourth-order valence-corrected chi connectivity index (χ4v) is 1.84. The van der Waals surface area contributed by atoms with Crippen LogP contribution < -0.4 is 5.32 Å². The largest absolute Gasteiger partial charge is 0.507 e. The predicted molar refractivity (Wildman–Crippen MR) is 70.4 cm³/mol. The van der Waals surface area contributed by atoms with Gasteiger partial charge in [-0.3, -0.25) is 0 Å². The number of aromatic hydroxyl groups is 1. The Morgan fingerprint density at radius 3 is 2.41 bits per heavy atom. The van der Waals surface area contributed by atoms with Crippen molar-refractivity contribution in [2.45, 2.75) is 39.8 Å². The van der Waals surface area contributed by atoms with Crippen LogP contribution >= 0.6 is 0 Å². The quantitative estimate of drug-likeness (QED) is 0.799. The Kier molecular flexibility index (Phi) is 5.45. The Hall–Kier alpha value is -1.06. The van der Waals surface area contributed by atoms with E-state index in [1.54, 1.807) is 7.11 Å². The normalized spacial score (nSPS) is 12.7. The minimum Gasteiger partial charge on any atom is -0.507 e. The van der Waals surface area contributed by atoms with E-state index in [9.17, 15) is 5.11 Å². The summed E-state index contributed by atoms with van der Waals surface area (Å²) in [4.78, 5) is 0. The van der Waals surface area contributed by atoms with Crippen molar-refractivity contribution in [2.75, 3.05) is 13.7 Å². The molecule has 0 heterocycles. The van der Waals surface area contributed by atoms with Gasteiger partial charge in [0.15, 0.2) is 0 Å². The maximum absolute atomic E-state index is 9.69. The van der Waals surface area contributed by atoms with Gasteiger partial charge in [0.2, 0.25) is 0 Å². The van der Waals surface area contributed by atoms with Crippen LogP contribution in [0.3, 0.4) is 0 Å². The first-order valence-electron chi connectivity index (χ1n) is 6.06. The maximum Gasteiger partial charge on any atom is 0.121 e. The molecule has 0 amide bonds. The highest BCUT2D eigenvalue weighted by molar-refractivity contribution is 5.42. The molecule has 0 aliphatic rings. The van der Waals surface area contributed by atoms with Crippen LogP contribution in [0.2, 0.25) is 0 Å². The van der Waals surface area contributed by atoms with Crippen molar-refractivity contribution in [1.29, 1.82) is 0 Å². The van der Waals surface area contributed by atoms with Crippen molar-refractivity contribution in [3.05, 3.63) is 28.8 Å². The Morgan fingerprint density at radius 2 is 1.88 bits per heavy atom. The number of phenolic OH excluding ortho intramolecular Hbond substituents is 1. The van der Waals surface area contributed by atoms with Crippen LogP contribution in [0.1, 0.15) is 30.0 Å². The molecule has 1 atom stereocenters. The molecule has 0 aromatic heterocycles. The standard InChI is InChI=1S/C14H23NO2/c1-10-7-13(8-11(2)14(10)16)9-15-12(3)5-6-17-4/h7-8,12,15-16H,5-6,9H2,1-4H3. The molecule has 0 bridgehead atoms. The van der Waals surface area contributed by atoms with Gasteiger partial charge in [0.1, 0.15) is 5.75 Å². The number of hydrogen-bond donors (Lipinski definition) is 2.